The summed E-state index contributed by atoms with van der Waals surface area (Å²) in [6, 6.07) is 9.47. The second kappa shape index (κ2) is 6.91. The van der Waals surface area contributed by atoms with Crippen LogP contribution in [0, 0.1) is 5.92 Å². The molecule has 1 aromatic carbocycles. The van der Waals surface area contributed by atoms with Crippen LogP contribution in [0.2, 0.25) is 0 Å². The monoisotopic (exact) mass is 247 g/mol. The second-order valence-electron chi connectivity index (χ2n) is 5.35. The molecule has 0 radical (unpaired) electrons. The number of ether oxygens (including phenoxy) is 1. The van der Waals surface area contributed by atoms with Gasteiger partial charge in [-0.15, -0.1) is 0 Å². The normalized spacial score (nSPS) is 21.1. The van der Waals surface area contributed by atoms with Crippen LogP contribution in [0.1, 0.15) is 43.9 Å². The minimum atomic E-state index is 0.432. The van der Waals surface area contributed by atoms with Gasteiger partial charge in [0.15, 0.2) is 0 Å². The minimum absolute atomic E-state index is 0.432. The minimum Gasteiger partial charge on any atom is -0.381 e. The van der Waals surface area contributed by atoms with Gasteiger partial charge in [0.05, 0.1) is 6.61 Å². The molecule has 0 bridgehead atoms. The standard InChI is InChI=1S/C16H25NO/c1-3-4-14-5-7-16(8-6-14)13(2)17-11-15-9-10-18-12-15/h5-8,13,15,17H,3-4,9-12H2,1-2H3. The molecule has 2 atom stereocenters. The van der Waals surface area contributed by atoms with Gasteiger partial charge in [0.1, 0.15) is 0 Å². The summed E-state index contributed by atoms with van der Waals surface area (Å²) in [7, 11) is 0. The van der Waals surface area contributed by atoms with E-state index in [0.717, 1.165) is 19.8 Å². The molecule has 100 valence electrons. The zero-order valence-corrected chi connectivity index (χ0v) is 11.6. The van der Waals surface area contributed by atoms with Crippen molar-refractivity contribution < 1.29 is 4.74 Å². The predicted molar refractivity (Wildman–Crippen MR) is 75.8 cm³/mol. The van der Waals surface area contributed by atoms with Crippen molar-refractivity contribution in [1.29, 1.82) is 0 Å². The van der Waals surface area contributed by atoms with Crippen molar-refractivity contribution in [3.8, 4) is 0 Å². The van der Waals surface area contributed by atoms with Crippen LogP contribution >= 0.6 is 0 Å². The smallest absolute Gasteiger partial charge is 0.0507 e. The molecule has 0 aliphatic carbocycles. The van der Waals surface area contributed by atoms with E-state index in [9.17, 15) is 0 Å². The first-order valence-corrected chi connectivity index (χ1v) is 7.19. The molecule has 2 nitrogen and oxygen atoms in total. The number of nitrogens with one attached hydrogen (secondary N) is 1. The molecule has 0 spiro atoms. The van der Waals surface area contributed by atoms with Crippen LogP contribution in [0.5, 0.6) is 0 Å². The SMILES string of the molecule is CCCc1ccc(C(C)NCC2CCOC2)cc1. The summed E-state index contributed by atoms with van der Waals surface area (Å²) in [5, 5.41) is 3.61. The van der Waals surface area contributed by atoms with Crippen LogP contribution in [-0.4, -0.2) is 19.8 Å². The molecule has 0 amide bonds. The third-order valence-electron chi connectivity index (χ3n) is 3.76. The molecule has 0 aromatic heterocycles. The maximum Gasteiger partial charge on any atom is 0.0507 e. The van der Waals surface area contributed by atoms with E-state index in [-0.39, 0.29) is 0 Å². The molecule has 2 rings (SSSR count). The third kappa shape index (κ3) is 3.82. The summed E-state index contributed by atoms with van der Waals surface area (Å²) in [6.07, 6.45) is 3.60. The van der Waals surface area contributed by atoms with E-state index in [1.807, 2.05) is 0 Å². The molecule has 2 heteroatoms. The summed E-state index contributed by atoms with van der Waals surface area (Å²) in [5.74, 6) is 0.701. The maximum atomic E-state index is 5.40. The van der Waals surface area contributed by atoms with Crippen molar-refractivity contribution in [1.82, 2.24) is 5.32 Å². The average molecular weight is 247 g/mol. The second-order valence-corrected chi connectivity index (χ2v) is 5.35. The molecule has 18 heavy (non-hydrogen) atoms. The van der Waals surface area contributed by atoms with Crippen LogP contribution in [0.3, 0.4) is 0 Å². The zero-order valence-electron chi connectivity index (χ0n) is 11.6. The fourth-order valence-electron chi connectivity index (χ4n) is 2.47. The summed E-state index contributed by atoms with van der Waals surface area (Å²) in [6.45, 7) is 7.39. The average Bonchev–Trinajstić information content (AvgIpc) is 2.90. The van der Waals surface area contributed by atoms with Gasteiger partial charge >= 0.3 is 0 Å². The topological polar surface area (TPSA) is 21.3 Å². The van der Waals surface area contributed by atoms with E-state index in [0.29, 0.717) is 12.0 Å². The van der Waals surface area contributed by atoms with Crippen LogP contribution in [-0.2, 0) is 11.2 Å². The lowest BCUT2D eigenvalue weighted by Crippen LogP contribution is -2.25. The lowest BCUT2D eigenvalue weighted by atomic mass is 10.0. The summed E-state index contributed by atoms with van der Waals surface area (Å²) in [5.41, 5.74) is 2.83. The van der Waals surface area contributed by atoms with Crippen molar-refractivity contribution in [2.24, 2.45) is 5.92 Å². The van der Waals surface area contributed by atoms with Gasteiger partial charge in [0, 0.05) is 19.2 Å². The van der Waals surface area contributed by atoms with Gasteiger partial charge in [0.2, 0.25) is 0 Å². The van der Waals surface area contributed by atoms with E-state index in [4.69, 9.17) is 4.74 Å². The highest BCUT2D eigenvalue weighted by Gasteiger charge is 2.16. The van der Waals surface area contributed by atoms with Crippen molar-refractivity contribution in [2.45, 2.75) is 39.2 Å². The summed E-state index contributed by atoms with van der Waals surface area (Å²) < 4.78 is 5.40. The number of aryl methyl sites for hydroxylation is 1. The Labute approximate surface area is 111 Å². The highest BCUT2D eigenvalue weighted by atomic mass is 16.5. The number of rotatable bonds is 6. The van der Waals surface area contributed by atoms with Crippen LogP contribution in [0.4, 0.5) is 0 Å². The molecular weight excluding hydrogens is 222 g/mol. The molecule has 1 heterocycles. The highest BCUT2D eigenvalue weighted by Crippen LogP contribution is 2.16. The molecule has 1 fully saturated rings. The molecule has 0 saturated carbocycles. The first-order chi connectivity index (χ1) is 8.79. The van der Waals surface area contributed by atoms with Gasteiger partial charge < -0.3 is 10.1 Å². The van der Waals surface area contributed by atoms with Gasteiger partial charge in [0.25, 0.3) is 0 Å². The third-order valence-corrected chi connectivity index (χ3v) is 3.76. The number of hydrogen-bond acceptors (Lipinski definition) is 2. The summed E-state index contributed by atoms with van der Waals surface area (Å²) >= 11 is 0. The van der Waals surface area contributed by atoms with Crippen molar-refractivity contribution >= 4 is 0 Å². The summed E-state index contributed by atoms with van der Waals surface area (Å²) in [4.78, 5) is 0. The lowest BCUT2D eigenvalue weighted by Gasteiger charge is -2.17. The van der Waals surface area contributed by atoms with Crippen LogP contribution < -0.4 is 5.32 Å². The molecule has 1 aliphatic rings. The highest BCUT2D eigenvalue weighted by molar-refractivity contribution is 5.24. The van der Waals surface area contributed by atoms with Crippen molar-refractivity contribution in [3.63, 3.8) is 0 Å². The molecule has 1 aliphatic heterocycles. The Morgan fingerprint density at radius 1 is 1.33 bits per heavy atom. The Bertz CT molecular complexity index is 341. The Morgan fingerprint density at radius 2 is 2.11 bits per heavy atom. The first kappa shape index (κ1) is 13.6. The van der Waals surface area contributed by atoms with E-state index < -0.39 is 0 Å². The number of benzene rings is 1. The Kier molecular flexibility index (Phi) is 5.21. The largest absolute Gasteiger partial charge is 0.381 e. The first-order valence-electron chi connectivity index (χ1n) is 7.19. The molecule has 1 saturated heterocycles. The Balaban J connectivity index is 1.81. The fraction of sp³-hybridized carbons (Fsp3) is 0.625. The molecule has 1 N–H and O–H groups in total. The van der Waals surface area contributed by atoms with E-state index in [2.05, 4.69) is 43.4 Å². The van der Waals surface area contributed by atoms with Gasteiger partial charge in [-0.3, -0.25) is 0 Å². The lowest BCUT2D eigenvalue weighted by molar-refractivity contribution is 0.184. The van der Waals surface area contributed by atoms with Gasteiger partial charge in [-0.2, -0.15) is 0 Å². The van der Waals surface area contributed by atoms with Gasteiger partial charge in [-0.05, 0) is 36.8 Å². The quantitative estimate of drug-likeness (QED) is 0.832. The van der Waals surface area contributed by atoms with E-state index in [1.165, 1.54) is 30.4 Å². The van der Waals surface area contributed by atoms with Crippen LogP contribution in [0.15, 0.2) is 24.3 Å². The van der Waals surface area contributed by atoms with Gasteiger partial charge in [-0.25, -0.2) is 0 Å². The van der Waals surface area contributed by atoms with Crippen molar-refractivity contribution in [3.05, 3.63) is 35.4 Å². The van der Waals surface area contributed by atoms with Gasteiger partial charge in [-0.1, -0.05) is 37.6 Å². The Morgan fingerprint density at radius 3 is 2.72 bits per heavy atom. The predicted octanol–water partition coefficient (Wildman–Crippen LogP) is 3.33. The molecular formula is C16H25NO. The maximum absolute atomic E-state index is 5.40. The van der Waals surface area contributed by atoms with E-state index >= 15 is 0 Å². The number of hydrogen-bond donors (Lipinski definition) is 1. The van der Waals surface area contributed by atoms with Crippen molar-refractivity contribution in [2.75, 3.05) is 19.8 Å². The van der Waals surface area contributed by atoms with E-state index in [1.54, 1.807) is 0 Å². The Hall–Kier alpha value is -0.860. The fourth-order valence-corrected chi connectivity index (χ4v) is 2.47. The molecule has 2 unspecified atom stereocenters. The zero-order chi connectivity index (χ0) is 12.8. The molecule has 1 aromatic rings. The van der Waals surface area contributed by atoms with Crippen LogP contribution in [0.25, 0.3) is 0 Å².